The lowest BCUT2D eigenvalue weighted by atomic mass is 9.92. The molecule has 2 N–H and O–H groups in total. The monoisotopic (exact) mass is 263 g/mol. The zero-order valence-corrected chi connectivity index (χ0v) is 10.5. The summed E-state index contributed by atoms with van der Waals surface area (Å²) >= 11 is 5.73. The molecular formula is C12H16Cl2FN. The Morgan fingerprint density at radius 2 is 1.94 bits per heavy atom. The minimum Gasteiger partial charge on any atom is -0.324 e. The number of nitrogens with two attached hydrogens (primary N) is 1. The van der Waals surface area contributed by atoms with Crippen LogP contribution in [0.25, 0.3) is 0 Å². The molecule has 1 aliphatic carbocycles. The molecule has 1 fully saturated rings. The van der Waals surface area contributed by atoms with E-state index in [4.69, 9.17) is 17.3 Å². The Morgan fingerprint density at radius 1 is 1.31 bits per heavy atom. The lowest BCUT2D eigenvalue weighted by Gasteiger charge is -2.19. The number of hydrogen-bond donors (Lipinski definition) is 1. The van der Waals surface area contributed by atoms with Crippen LogP contribution in [0.4, 0.5) is 4.39 Å². The SMILES string of the molecule is Cl.N[C@@H](c1ccc(F)c(Cl)c1)C1CCCC1. The van der Waals surface area contributed by atoms with Gasteiger partial charge in [0.15, 0.2) is 0 Å². The van der Waals surface area contributed by atoms with E-state index in [1.807, 2.05) is 0 Å². The number of hydrogen-bond acceptors (Lipinski definition) is 1. The molecule has 0 spiro atoms. The van der Waals surface area contributed by atoms with E-state index in [0.717, 1.165) is 5.56 Å². The van der Waals surface area contributed by atoms with Gasteiger partial charge >= 0.3 is 0 Å². The summed E-state index contributed by atoms with van der Waals surface area (Å²) in [7, 11) is 0. The molecule has 1 aliphatic rings. The molecule has 0 amide bonds. The van der Waals surface area contributed by atoms with Crippen LogP contribution in [0.3, 0.4) is 0 Å². The van der Waals surface area contributed by atoms with Gasteiger partial charge in [-0.25, -0.2) is 4.39 Å². The van der Waals surface area contributed by atoms with Gasteiger partial charge in [0.05, 0.1) is 5.02 Å². The molecule has 0 aliphatic heterocycles. The van der Waals surface area contributed by atoms with Gasteiger partial charge in [-0.2, -0.15) is 0 Å². The fourth-order valence-electron chi connectivity index (χ4n) is 2.31. The van der Waals surface area contributed by atoms with Crippen molar-refractivity contribution in [2.75, 3.05) is 0 Å². The van der Waals surface area contributed by atoms with Crippen LogP contribution < -0.4 is 5.73 Å². The smallest absolute Gasteiger partial charge is 0.141 e. The summed E-state index contributed by atoms with van der Waals surface area (Å²) in [4.78, 5) is 0. The standard InChI is InChI=1S/C12H15ClFN.ClH/c13-10-7-9(5-6-11(10)14)12(15)8-3-1-2-4-8;/h5-8,12H,1-4,15H2;1H/t12-;/m1./s1. The molecule has 0 saturated heterocycles. The highest BCUT2D eigenvalue weighted by Gasteiger charge is 2.23. The average Bonchev–Trinajstić information content (AvgIpc) is 2.74. The zero-order valence-electron chi connectivity index (χ0n) is 8.96. The van der Waals surface area contributed by atoms with Crippen molar-refractivity contribution in [3.63, 3.8) is 0 Å². The van der Waals surface area contributed by atoms with E-state index in [1.54, 1.807) is 12.1 Å². The summed E-state index contributed by atoms with van der Waals surface area (Å²) in [6.45, 7) is 0. The summed E-state index contributed by atoms with van der Waals surface area (Å²) < 4.78 is 13.0. The van der Waals surface area contributed by atoms with Crippen LogP contribution in [0.5, 0.6) is 0 Å². The molecule has 4 heteroatoms. The first-order valence-corrected chi connectivity index (χ1v) is 5.77. The molecule has 0 unspecified atom stereocenters. The molecule has 16 heavy (non-hydrogen) atoms. The van der Waals surface area contributed by atoms with Gasteiger partial charge in [0.25, 0.3) is 0 Å². The highest BCUT2D eigenvalue weighted by Crippen LogP contribution is 2.34. The van der Waals surface area contributed by atoms with E-state index >= 15 is 0 Å². The first-order valence-electron chi connectivity index (χ1n) is 5.39. The maximum atomic E-state index is 13.0. The van der Waals surface area contributed by atoms with E-state index in [-0.39, 0.29) is 29.3 Å². The lowest BCUT2D eigenvalue weighted by Crippen LogP contribution is -2.19. The summed E-state index contributed by atoms with van der Waals surface area (Å²) in [5, 5.41) is 0.168. The topological polar surface area (TPSA) is 26.0 Å². The summed E-state index contributed by atoms with van der Waals surface area (Å²) in [5.41, 5.74) is 7.09. The molecule has 0 radical (unpaired) electrons. The van der Waals surface area contributed by atoms with Crippen molar-refractivity contribution >= 4 is 24.0 Å². The Hall–Kier alpha value is -0.310. The van der Waals surface area contributed by atoms with Gasteiger partial charge in [-0.3, -0.25) is 0 Å². The predicted octanol–water partition coefficient (Wildman–Crippen LogP) is 4.09. The maximum absolute atomic E-state index is 13.0. The number of halogens is 3. The minimum atomic E-state index is -0.376. The van der Waals surface area contributed by atoms with Gasteiger partial charge < -0.3 is 5.73 Å². The largest absolute Gasteiger partial charge is 0.324 e. The first-order chi connectivity index (χ1) is 7.18. The molecule has 0 bridgehead atoms. The van der Waals surface area contributed by atoms with E-state index in [1.165, 1.54) is 31.7 Å². The minimum absolute atomic E-state index is 0. The van der Waals surface area contributed by atoms with Gasteiger partial charge in [-0.05, 0) is 36.5 Å². The quantitative estimate of drug-likeness (QED) is 0.855. The summed E-state index contributed by atoms with van der Waals surface area (Å²) in [6.07, 6.45) is 4.87. The molecule has 0 aromatic heterocycles. The highest BCUT2D eigenvalue weighted by molar-refractivity contribution is 6.30. The third kappa shape index (κ3) is 2.88. The van der Waals surface area contributed by atoms with E-state index in [9.17, 15) is 4.39 Å². The Bertz CT molecular complexity index is 351. The Labute approximate surface area is 107 Å². The first kappa shape index (κ1) is 13.8. The molecule has 0 heterocycles. The van der Waals surface area contributed by atoms with Crippen molar-refractivity contribution in [2.24, 2.45) is 11.7 Å². The second-order valence-electron chi connectivity index (χ2n) is 4.24. The van der Waals surface area contributed by atoms with Gasteiger partial charge in [-0.1, -0.05) is 30.5 Å². The molecule has 90 valence electrons. The van der Waals surface area contributed by atoms with E-state index < -0.39 is 0 Å². The van der Waals surface area contributed by atoms with Gasteiger partial charge in [0, 0.05) is 6.04 Å². The zero-order chi connectivity index (χ0) is 10.8. The van der Waals surface area contributed by atoms with Gasteiger partial charge in [-0.15, -0.1) is 12.4 Å². The maximum Gasteiger partial charge on any atom is 0.141 e. The summed E-state index contributed by atoms with van der Waals surface area (Å²) in [5.74, 6) is 0.158. The second-order valence-corrected chi connectivity index (χ2v) is 4.65. The number of benzene rings is 1. The predicted molar refractivity (Wildman–Crippen MR) is 67.5 cm³/mol. The van der Waals surface area contributed by atoms with Crippen LogP contribution in [-0.2, 0) is 0 Å². The molecule has 1 saturated carbocycles. The second kappa shape index (κ2) is 5.85. The highest BCUT2D eigenvalue weighted by atomic mass is 35.5. The third-order valence-corrected chi connectivity index (χ3v) is 3.53. The molecule has 1 nitrogen and oxygen atoms in total. The van der Waals surface area contributed by atoms with Gasteiger partial charge in [0.1, 0.15) is 5.82 Å². The van der Waals surface area contributed by atoms with Crippen molar-refractivity contribution in [3.05, 3.63) is 34.6 Å². The van der Waals surface area contributed by atoms with Crippen molar-refractivity contribution in [1.29, 1.82) is 0 Å². The average molecular weight is 264 g/mol. The third-order valence-electron chi connectivity index (χ3n) is 3.24. The number of rotatable bonds is 2. The van der Waals surface area contributed by atoms with Crippen LogP contribution in [-0.4, -0.2) is 0 Å². The van der Waals surface area contributed by atoms with Gasteiger partial charge in [0.2, 0.25) is 0 Å². The van der Waals surface area contributed by atoms with Crippen LogP contribution >= 0.6 is 24.0 Å². The Kier molecular flexibility index (Phi) is 5.03. The fraction of sp³-hybridized carbons (Fsp3) is 0.500. The van der Waals surface area contributed by atoms with Crippen LogP contribution in [0.15, 0.2) is 18.2 Å². The van der Waals surface area contributed by atoms with E-state index in [0.29, 0.717) is 5.92 Å². The lowest BCUT2D eigenvalue weighted by molar-refractivity contribution is 0.444. The van der Waals surface area contributed by atoms with Crippen LogP contribution in [0.1, 0.15) is 37.3 Å². The fourth-order valence-corrected chi connectivity index (χ4v) is 2.50. The molecule has 1 aromatic rings. The van der Waals surface area contributed by atoms with Crippen LogP contribution in [0.2, 0.25) is 5.02 Å². The summed E-state index contributed by atoms with van der Waals surface area (Å²) in [6, 6.07) is 4.79. The van der Waals surface area contributed by atoms with Crippen molar-refractivity contribution in [1.82, 2.24) is 0 Å². The Balaban J connectivity index is 0.00000128. The van der Waals surface area contributed by atoms with Crippen molar-refractivity contribution < 1.29 is 4.39 Å². The van der Waals surface area contributed by atoms with Crippen LogP contribution in [0, 0.1) is 11.7 Å². The Morgan fingerprint density at radius 3 is 2.50 bits per heavy atom. The molecular weight excluding hydrogens is 248 g/mol. The van der Waals surface area contributed by atoms with Crippen molar-refractivity contribution in [2.45, 2.75) is 31.7 Å². The normalized spacial score (nSPS) is 18.2. The van der Waals surface area contributed by atoms with Crippen molar-refractivity contribution in [3.8, 4) is 0 Å². The molecule has 2 rings (SSSR count). The molecule has 1 atom stereocenters. The molecule has 1 aromatic carbocycles. The van der Waals surface area contributed by atoms with E-state index in [2.05, 4.69) is 0 Å².